The smallest absolute Gasteiger partial charge is 0.252 e. The fraction of sp³-hybridized carbons (Fsp3) is 0.556. The fourth-order valence-electron chi connectivity index (χ4n) is 3.31. The Balaban J connectivity index is 1.95. The van der Waals surface area contributed by atoms with E-state index in [0.29, 0.717) is 54.2 Å². The van der Waals surface area contributed by atoms with Crippen molar-refractivity contribution >= 4 is 37.5 Å². The van der Waals surface area contributed by atoms with Gasteiger partial charge in [0.25, 0.3) is 5.91 Å². The van der Waals surface area contributed by atoms with Crippen LogP contribution in [0, 0.1) is 11.7 Å². The van der Waals surface area contributed by atoms with Gasteiger partial charge in [-0.25, -0.2) is 17.1 Å². The molecule has 0 bridgehead atoms. The van der Waals surface area contributed by atoms with E-state index in [2.05, 4.69) is 4.99 Å². The summed E-state index contributed by atoms with van der Waals surface area (Å²) in [7, 11) is -3.34. The van der Waals surface area contributed by atoms with Crippen LogP contribution in [0.2, 0.25) is 0 Å². The molecule has 0 radical (unpaired) electrons. The molecule has 0 saturated carbocycles. The van der Waals surface area contributed by atoms with Crippen molar-refractivity contribution in [3.63, 3.8) is 0 Å². The number of carbonyl (C=O) groups excluding carboxylic acids is 1. The first kappa shape index (κ1) is 21.1. The number of sulfonamides is 1. The molecule has 0 N–H and O–H groups in total. The minimum absolute atomic E-state index is 0.138. The van der Waals surface area contributed by atoms with Gasteiger partial charge >= 0.3 is 0 Å². The molecule has 0 spiro atoms. The maximum atomic E-state index is 14.4. The molecule has 0 aliphatic carbocycles. The third kappa shape index (κ3) is 4.68. The van der Waals surface area contributed by atoms with Crippen LogP contribution in [-0.4, -0.2) is 55.8 Å². The molecule has 1 aliphatic heterocycles. The van der Waals surface area contributed by atoms with Gasteiger partial charge in [-0.15, -0.1) is 0 Å². The van der Waals surface area contributed by atoms with Gasteiger partial charge in [0.2, 0.25) is 10.0 Å². The van der Waals surface area contributed by atoms with Gasteiger partial charge in [-0.3, -0.25) is 4.79 Å². The van der Waals surface area contributed by atoms with Crippen LogP contribution in [0.25, 0.3) is 10.2 Å². The normalized spacial score (nSPS) is 19.4. The van der Waals surface area contributed by atoms with Crippen LogP contribution in [0.1, 0.15) is 19.8 Å². The number of hydrogen-bond acceptors (Lipinski definition) is 5. The predicted octanol–water partition coefficient (Wildman–Crippen LogP) is 1.98. The summed E-state index contributed by atoms with van der Waals surface area (Å²) < 4.78 is 47.1. The fourth-order valence-corrected chi connectivity index (χ4v) is 5.30. The van der Waals surface area contributed by atoms with E-state index < -0.39 is 15.9 Å². The first-order chi connectivity index (χ1) is 13.3. The Labute approximate surface area is 167 Å². The van der Waals surface area contributed by atoms with Crippen molar-refractivity contribution in [2.24, 2.45) is 10.9 Å². The lowest BCUT2D eigenvalue weighted by atomic mass is 9.99. The van der Waals surface area contributed by atoms with Gasteiger partial charge in [0, 0.05) is 26.2 Å². The SMILES string of the molecule is CCOCCn1c(=NC(=O)C2CCCN(S(C)(=O)=O)C2)sc2cccc(F)c21. The largest absolute Gasteiger partial charge is 0.380 e. The predicted molar refractivity (Wildman–Crippen MR) is 106 cm³/mol. The highest BCUT2D eigenvalue weighted by Gasteiger charge is 2.30. The molecule has 1 aliphatic rings. The molecule has 1 aromatic carbocycles. The maximum absolute atomic E-state index is 14.4. The van der Waals surface area contributed by atoms with E-state index >= 15 is 0 Å². The number of ether oxygens (including phenoxy) is 1. The highest BCUT2D eigenvalue weighted by atomic mass is 32.2. The molecule has 154 valence electrons. The lowest BCUT2D eigenvalue weighted by Gasteiger charge is -2.28. The van der Waals surface area contributed by atoms with Crippen LogP contribution < -0.4 is 4.80 Å². The summed E-state index contributed by atoms with van der Waals surface area (Å²) in [5, 5.41) is 0. The summed E-state index contributed by atoms with van der Waals surface area (Å²) in [6, 6.07) is 4.79. The van der Waals surface area contributed by atoms with E-state index in [0.717, 1.165) is 6.26 Å². The summed E-state index contributed by atoms with van der Waals surface area (Å²) in [5.41, 5.74) is 0.403. The number of fused-ring (bicyclic) bond motifs is 1. The van der Waals surface area contributed by atoms with Gasteiger partial charge in [-0.2, -0.15) is 4.99 Å². The minimum Gasteiger partial charge on any atom is -0.380 e. The molecule has 1 amide bonds. The molecule has 1 atom stereocenters. The number of amides is 1. The van der Waals surface area contributed by atoms with Crippen LogP contribution >= 0.6 is 11.3 Å². The molecule has 7 nitrogen and oxygen atoms in total. The van der Waals surface area contributed by atoms with Crippen LogP contribution in [-0.2, 0) is 26.1 Å². The number of hydrogen-bond donors (Lipinski definition) is 0. The van der Waals surface area contributed by atoms with Crippen molar-refractivity contribution in [3.05, 3.63) is 28.8 Å². The Bertz CT molecular complexity index is 1030. The van der Waals surface area contributed by atoms with Gasteiger partial charge in [0.15, 0.2) is 4.80 Å². The van der Waals surface area contributed by atoms with Gasteiger partial charge in [-0.05, 0) is 31.9 Å². The number of halogens is 1. The van der Waals surface area contributed by atoms with Gasteiger partial charge in [0.05, 0.1) is 29.0 Å². The Morgan fingerprint density at radius 2 is 2.21 bits per heavy atom. The monoisotopic (exact) mass is 429 g/mol. The quantitative estimate of drug-likeness (QED) is 0.658. The standard InChI is InChI=1S/C18H24FN3O4S2/c1-3-26-11-10-22-16-14(19)7-4-8-15(16)27-18(22)20-17(23)13-6-5-9-21(12-13)28(2,24)25/h4,7-8,13H,3,5-6,9-12H2,1-2H3. The summed E-state index contributed by atoms with van der Waals surface area (Å²) in [6.07, 6.45) is 2.35. The Morgan fingerprint density at radius 3 is 2.93 bits per heavy atom. The lowest BCUT2D eigenvalue weighted by Crippen LogP contribution is -2.41. The molecular formula is C18H24FN3O4S2. The molecule has 1 aromatic heterocycles. The number of rotatable bonds is 6. The molecule has 1 fully saturated rings. The lowest BCUT2D eigenvalue weighted by molar-refractivity contribution is -0.122. The Kier molecular flexibility index (Phi) is 6.64. The number of nitrogens with zero attached hydrogens (tertiary/aromatic N) is 3. The van der Waals surface area contributed by atoms with Gasteiger partial charge < -0.3 is 9.30 Å². The van der Waals surface area contributed by atoms with E-state index in [1.807, 2.05) is 6.92 Å². The summed E-state index contributed by atoms with van der Waals surface area (Å²) >= 11 is 1.24. The van der Waals surface area contributed by atoms with Gasteiger partial charge in [-0.1, -0.05) is 17.4 Å². The van der Waals surface area contributed by atoms with Crippen molar-refractivity contribution < 1.29 is 22.3 Å². The zero-order valence-corrected chi connectivity index (χ0v) is 17.6. The summed E-state index contributed by atoms with van der Waals surface area (Å²) in [5.74, 6) is -1.23. The van der Waals surface area contributed by atoms with Crippen molar-refractivity contribution in [3.8, 4) is 0 Å². The molecule has 10 heteroatoms. The van der Waals surface area contributed by atoms with Crippen LogP contribution in [0.4, 0.5) is 4.39 Å². The number of thiazole rings is 1. The van der Waals surface area contributed by atoms with Crippen LogP contribution in [0.15, 0.2) is 23.2 Å². The van der Waals surface area contributed by atoms with E-state index in [9.17, 15) is 17.6 Å². The van der Waals surface area contributed by atoms with Crippen molar-refractivity contribution in [2.75, 3.05) is 32.6 Å². The number of benzene rings is 1. The Hall–Kier alpha value is -1.62. The number of para-hydroxylation sites is 1. The van der Waals surface area contributed by atoms with Crippen LogP contribution in [0.5, 0.6) is 0 Å². The third-order valence-electron chi connectivity index (χ3n) is 4.72. The van der Waals surface area contributed by atoms with Crippen molar-refractivity contribution in [1.29, 1.82) is 0 Å². The number of aromatic nitrogens is 1. The highest BCUT2D eigenvalue weighted by molar-refractivity contribution is 7.88. The summed E-state index contributed by atoms with van der Waals surface area (Å²) in [4.78, 5) is 17.4. The average Bonchev–Trinajstić information content (AvgIpc) is 3.00. The van der Waals surface area contributed by atoms with Gasteiger partial charge in [0.1, 0.15) is 5.82 Å². The van der Waals surface area contributed by atoms with Crippen LogP contribution in [0.3, 0.4) is 0 Å². The first-order valence-electron chi connectivity index (χ1n) is 9.20. The topological polar surface area (TPSA) is 81.0 Å². The second-order valence-electron chi connectivity index (χ2n) is 6.73. The average molecular weight is 430 g/mol. The second kappa shape index (κ2) is 8.81. The second-order valence-corrected chi connectivity index (χ2v) is 9.72. The van der Waals surface area contributed by atoms with E-state index in [1.54, 1.807) is 16.7 Å². The van der Waals surface area contributed by atoms with Crippen molar-refractivity contribution in [1.82, 2.24) is 8.87 Å². The van der Waals surface area contributed by atoms with E-state index in [1.165, 1.54) is 21.7 Å². The minimum atomic E-state index is -3.34. The third-order valence-corrected chi connectivity index (χ3v) is 7.04. The van der Waals surface area contributed by atoms with E-state index in [-0.39, 0.29) is 18.3 Å². The first-order valence-corrected chi connectivity index (χ1v) is 11.9. The zero-order chi connectivity index (χ0) is 20.3. The number of carbonyl (C=O) groups is 1. The maximum Gasteiger partial charge on any atom is 0.252 e. The number of piperidine rings is 1. The van der Waals surface area contributed by atoms with Crippen molar-refractivity contribution in [2.45, 2.75) is 26.3 Å². The molecule has 28 heavy (non-hydrogen) atoms. The summed E-state index contributed by atoms with van der Waals surface area (Å²) in [6.45, 7) is 3.73. The van der Waals surface area contributed by atoms with E-state index in [4.69, 9.17) is 4.74 Å². The Morgan fingerprint density at radius 1 is 1.43 bits per heavy atom. The molecular weight excluding hydrogens is 405 g/mol. The molecule has 1 saturated heterocycles. The zero-order valence-electron chi connectivity index (χ0n) is 15.9. The highest BCUT2D eigenvalue weighted by Crippen LogP contribution is 2.22. The molecule has 2 aromatic rings. The molecule has 1 unspecified atom stereocenters. The molecule has 2 heterocycles. The molecule has 3 rings (SSSR count).